The van der Waals surface area contributed by atoms with Crippen molar-refractivity contribution in [1.82, 2.24) is 20.4 Å². The molecule has 0 unspecified atom stereocenters. The molecule has 156 valence electrons. The Morgan fingerprint density at radius 2 is 1.83 bits per heavy atom. The van der Waals surface area contributed by atoms with Gasteiger partial charge in [0.2, 0.25) is 5.91 Å². The van der Waals surface area contributed by atoms with Crippen LogP contribution in [0, 0.1) is 0 Å². The van der Waals surface area contributed by atoms with Crippen molar-refractivity contribution in [2.24, 2.45) is 0 Å². The van der Waals surface area contributed by atoms with Gasteiger partial charge in [0.05, 0.1) is 19.3 Å². The molecule has 1 aromatic rings. The van der Waals surface area contributed by atoms with Gasteiger partial charge in [-0.2, -0.15) is 0 Å². The van der Waals surface area contributed by atoms with E-state index in [0.29, 0.717) is 32.6 Å². The number of benzene rings is 1. The smallest absolute Gasteiger partial charge is 0.325 e. The fourth-order valence-electron chi connectivity index (χ4n) is 4.48. The minimum atomic E-state index is -0.788. The predicted molar refractivity (Wildman–Crippen MR) is 106 cm³/mol. The summed E-state index contributed by atoms with van der Waals surface area (Å²) < 4.78 is 5.41. The molecular weight excluding hydrogens is 372 g/mol. The number of carbonyl (C=O) groups is 3. The van der Waals surface area contributed by atoms with Crippen LogP contribution in [0.3, 0.4) is 0 Å². The van der Waals surface area contributed by atoms with E-state index in [-0.39, 0.29) is 24.4 Å². The maximum Gasteiger partial charge on any atom is 0.325 e. The summed E-state index contributed by atoms with van der Waals surface area (Å²) in [6.45, 7) is 3.39. The number of ether oxygens (including phenoxy) is 1. The van der Waals surface area contributed by atoms with Crippen molar-refractivity contribution in [2.75, 3.05) is 39.4 Å². The van der Waals surface area contributed by atoms with Crippen LogP contribution in [0.4, 0.5) is 4.79 Å². The van der Waals surface area contributed by atoms with Crippen molar-refractivity contribution in [2.45, 2.75) is 37.3 Å². The van der Waals surface area contributed by atoms with Gasteiger partial charge in [-0.15, -0.1) is 0 Å². The van der Waals surface area contributed by atoms with Gasteiger partial charge in [0.15, 0.2) is 0 Å². The molecule has 3 aliphatic rings. The summed E-state index contributed by atoms with van der Waals surface area (Å²) in [5.41, 5.74) is 0.209. The lowest BCUT2D eigenvalue weighted by atomic mass is 9.98. The van der Waals surface area contributed by atoms with Crippen LogP contribution in [0.15, 0.2) is 30.3 Å². The highest BCUT2D eigenvalue weighted by molar-refractivity contribution is 6.09. The third kappa shape index (κ3) is 4.28. The Bertz CT molecular complexity index is 757. The quantitative estimate of drug-likeness (QED) is 0.697. The summed E-state index contributed by atoms with van der Waals surface area (Å²) in [6, 6.07) is 9.09. The monoisotopic (exact) mass is 400 g/mol. The second-order valence-electron chi connectivity index (χ2n) is 8.05. The number of hydrogen-bond donors (Lipinski definition) is 2. The number of rotatable bonds is 6. The van der Waals surface area contributed by atoms with Gasteiger partial charge >= 0.3 is 6.03 Å². The van der Waals surface area contributed by atoms with Crippen molar-refractivity contribution in [3.8, 4) is 0 Å². The summed E-state index contributed by atoms with van der Waals surface area (Å²) in [5, 5.41) is 5.85. The third-order valence-corrected chi connectivity index (χ3v) is 6.09. The maximum atomic E-state index is 12.8. The van der Waals surface area contributed by atoms with Crippen LogP contribution in [0.25, 0.3) is 0 Å². The van der Waals surface area contributed by atoms with Crippen LogP contribution in [0.1, 0.15) is 37.3 Å². The second-order valence-corrected chi connectivity index (χ2v) is 8.05. The first-order valence-corrected chi connectivity index (χ1v) is 10.4. The molecule has 1 aliphatic carbocycles. The topological polar surface area (TPSA) is 91.0 Å². The first-order valence-electron chi connectivity index (χ1n) is 10.4. The average Bonchev–Trinajstić information content (AvgIpc) is 3.30. The lowest BCUT2D eigenvalue weighted by Gasteiger charge is -2.31. The Hall–Kier alpha value is -2.45. The molecule has 2 N–H and O–H groups in total. The van der Waals surface area contributed by atoms with E-state index in [4.69, 9.17) is 4.74 Å². The number of hydrogen-bond acceptors (Lipinski definition) is 5. The molecule has 2 saturated heterocycles. The number of nitrogens with zero attached hydrogens (tertiary/aromatic N) is 2. The van der Waals surface area contributed by atoms with Crippen molar-refractivity contribution in [3.05, 3.63) is 35.9 Å². The Balaban J connectivity index is 1.42. The molecule has 1 atom stereocenters. The Labute approximate surface area is 170 Å². The fourth-order valence-corrected chi connectivity index (χ4v) is 4.48. The highest BCUT2D eigenvalue weighted by Crippen LogP contribution is 2.34. The van der Waals surface area contributed by atoms with E-state index < -0.39 is 11.6 Å². The molecule has 3 fully saturated rings. The van der Waals surface area contributed by atoms with E-state index in [1.165, 1.54) is 0 Å². The van der Waals surface area contributed by atoms with Crippen LogP contribution in [-0.4, -0.2) is 72.6 Å². The lowest BCUT2D eigenvalue weighted by molar-refractivity contribution is -0.135. The van der Waals surface area contributed by atoms with Gasteiger partial charge < -0.3 is 15.4 Å². The van der Waals surface area contributed by atoms with E-state index in [2.05, 4.69) is 15.5 Å². The normalized spacial score (nSPS) is 22.7. The molecule has 1 spiro atoms. The summed E-state index contributed by atoms with van der Waals surface area (Å²) in [4.78, 5) is 41.2. The lowest BCUT2D eigenvalue weighted by Crippen LogP contribution is -2.47. The number of imide groups is 1. The maximum absolute atomic E-state index is 12.8. The zero-order chi connectivity index (χ0) is 20.3. The van der Waals surface area contributed by atoms with Gasteiger partial charge in [-0.1, -0.05) is 43.2 Å². The van der Waals surface area contributed by atoms with E-state index in [1.807, 2.05) is 30.3 Å². The van der Waals surface area contributed by atoms with Crippen LogP contribution >= 0.6 is 0 Å². The molecule has 29 heavy (non-hydrogen) atoms. The molecule has 4 rings (SSSR count). The standard InChI is InChI=1S/C21H28N4O4/c26-18(15-25-19(27)21(23-20(25)28)8-4-5-9-21)22-17(16-6-2-1-3-7-16)14-24-10-12-29-13-11-24/h1-3,6-7,17H,4-5,8-15H2,(H,22,26)(H,23,28)/t17-/m1/s1. The Kier molecular flexibility index (Phi) is 5.82. The van der Waals surface area contributed by atoms with Crippen LogP contribution in [0.5, 0.6) is 0 Å². The molecule has 0 aromatic heterocycles. The van der Waals surface area contributed by atoms with Crippen molar-refractivity contribution < 1.29 is 19.1 Å². The average molecular weight is 400 g/mol. The predicted octanol–water partition coefficient (Wildman–Crippen LogP) is 1.04. The molecule has 4 amide bonds. The molecule has 0 radical (unpaired) electrons. The van der Waals surface area contributed by atoms with Crippen molar-refractivity contribution in [1.29, 1.82) is 0 Å². The molecule has 1 saturated carbocycles. The number of carbonyl (C=O) groups excluding carboxylic acids is 3. The summed E-state index contributed by atoms with van der Waals surface area (Å²) in [6.07, 6.45) is 3.14. The minimum absolute atomic E-state index is 0.219. The summed E-state index contributed by atoms with van der Waals surface area (Å²) in [5.74, 6) is -0.592. The summed E-state index contributed by atoms with van der Waals surface area (Å²) >= 11 is 0. The van der Waals surface area contributed by atoms with E-state index in [9.17, 15) is 14.4 Å². The van der Waals surface area contributed by atoms with Gasteiger partial charge in [0, 0.05) is 19.6 Å². The molecule has 8 nitrogen and oxygen atoms in total. The molecule has 8 heteroatoms. The van der Waals surface area contributed by atoms with Gasteiger partial charge in [-0.05, 0) is 18.4 Å². The molecule has 0 bridgehead atoms. The zero-order valence-electron chi connectivity index (χ0n) is 16.6. The highest BCUT2D eigenvalue weighted by atomic mass is 16.5. The Morgan fingerprint density at radius 3 is 2.52 bits per heavy atom. The number of morpholine rings is 1. The minimum Gasteiger partial charge on any atom is -0.379 e. The van der Waals surface area contributed by atoms with E-state index >= 15 is 0 Å². The highest BCUT2D eigenvalue weighted by Gasteiger charge is 2.52. The van der Waals surface area contributed by atoms with Crippen molar-refractivity contribution in [3.63, 3.8) is 0 Å². The van der Waals surface area contributed by atoms with Crippen LogP contribution in [-0.2, 0) is 14.3 Å². The van der Waals surface area contributed by atoms with Gasteiger partial charge in [0.1, 0.15) is 12.1 Å². The molecule has 1 aromatic carbocycles. The molecule has 2 heterocycles. The fraction of sp³-hybridized carbons (Fsp3) is 0.571. The first kappa shape index (κ1) is 19.8. The third-order valence-electron chi connectivity index (χ3n) is 6.09. The van der Waals surface area contributed by atoms with Crippen LogP contribution < -0.4 is 10.6 Å². The number of urea groups is 1. The Morgan fingerprint density at radius 1 is 1.14 bits per heavy atom. The largest absolute Gasteiger partial charge is 0.379 e. The molecule has 2 aliphatic heterocycles. The summed E-state index contributed by atoms with van der Waals surface area (Å²) in [7, 11) is 0. The van der Waals surface area contributed by atoms with Crippen molar-refractivity contribution >= 4 is 17.8 Å². The van der Waals surface area contributed by atoms with E-state index in [1.54, 1.807) is 0 Å². The number of amides is 4. The van der Waals surface area contributed by atoms with E-state index in [0.717, 1.165) is 36.4 Å². The van der Waals surface area contributed by atoms with Gasteiger partial charge in [-0.3, -0.25) is 19.4 Å². The second kappa shape index (κ2) is 8.51. The van der Waals surface area contributed by atoms with Crippen LogP contribution in [0.2, 0.25) is 0 Å². The molecular formula is C21H28N4O4. The first-order chi connectivity index (χ1) is 14.1. The van der Waals surface area contributed by atoms with Gasteiger partial charge in [0.25, 0.3) is 5.91 Å². The van der Waals surface area contributed by atoms with Gasteiger partial charge in [-0.25, -0.2) is 4.79 Å². The SMILES string of the molecule is O=C(CN1C(=O)NC2(CCCC2)C1=O)N[C@H](CN1CCOCC1)c1ccccc1. The zero-order valence-corrected chi connectivity index (χ0v) is 16.6. The number of nitrogens with one attached hydrogen (secondary N) is 2.